The van der Waals surface area contributed by atoms with Gasteiger partial charge >= 0.3 is 0 Å². The van der Waals surface area contributed by atoms with Gasteiger partial charge in [-0.15, -0.1) is 11.3 Å². The molecule has 0 radical (unpaired) electrons. The van der Waals surface area contributed by atoms with Crippen LogP contribution in [-0.2, 0) is 16.0 Å². The summed E-state index contributed by atoms with van der Waals surface area (Å²) in [5.41, 5.74) is 3.01. The number of carbonyl (C=O) groups excluding carboxylic acids is 2. The Morgan fingerprint density at radius 1 is 1.11 bits per heavy atom. The summed E-state index contributed by atoms with van der Waals surface area (Å²) in [5.74, 6) is -0.471. The number of halogens is 1. The summed E-state index contributed by atoms with van der Waals surface area (Å²) in [6, 6.07) is 14.9. The number of thiazole rings is 1. The molecule has 0 aliphatic carbocycles. The van der Waals surface area contributed by atoms with Gasteiger partial charge in [-0.05, 0) is 36.3 Å². The maximum absolute atomic E-state index is 12.2. The third-order valence-corrected chi connectivity index (χ3v) is 5.11. The highest BCUT2D eigenvalue weighted by Crippen LogP contribution is 2.23. The molecule has 2 aromatic carbocycles. The predicted molar refractivity (Wildman–Crippen MR) is 115 cm³/mol. The van der Waals surface area contributed by atoms with E-state index in [1.165, 1.54) is 17.4 Å². The molecule has 5 nitrogen and oxygen atoms in total. The number of nitrogens with one attached hydrogen (secondary N) is 2. The van der Waals surface area contributed by atoms with Gasteiger partial charge in [0.05, 0.1) is 12.1 Å². The van der Waals surface area contributed by atoms with Gasteiger partial charge in [-0.2, -0.15) is 0 Å². The Labute approximate surface area is 172 Å². The molecule has 0 aliphatic rings. The normalized spacial score (nSPS) is 10.8. The number of nitrogens with zero attached hydrogens (tertiary/aromatic N) is 1. The zero-order chi connectivity index (χ0) is 19.9. The van der Waals surface area contributed by atoms with Crippen molar-refractivity contribution in [2.24, 2.45) is 0 Å². The largest absolute Gasteiger partial charge is 0.325 e. The monoisotopic (exact) mass is 411 g/mol. The minimum Gasteiger partial charge on any atom is -0.325 e. The predicted octanol–water partition coefficient (Wildman–Crippen LogP) is 4.94. The average Bonchev–Trinajstić information content (AvgIpc) is 3.11. The van der Waals surface area contributed by atoms with Crippen LogP contribution in [0.4, 0.5) is 10.8 Å². The Morgan fingerprint density at radius 2 is 1.89 bits per heavy atom. The summed E-state index contributed by atoms with van der Waals surface area (Å²) in [6.45, 7) is 1.84. The van der Waals surface area contributed by atoms with Crippen LogP contribution in [0.25, 0.3) is 6.08 Å². The first-order valence-electron chi connectivity index (χ1n) is 8.55. The molecule has 2 amide bonds. The van der Waals surface area contributed by atoms with Crippen LogP contribution in [0.15, 0.2) is 60.0 Å². The lowest BCUT2D eigenvalue weighted by atomic mass is 10.2. The van der Waals surface area contributed by atoms with Crippen LogP contribution in [0.1, 0.15) is 16.8 Å². The van der Waals surface area contributed by atoms with E-state index < -0.39 is 0 Å². The Kier molecular flexibility index (Phi) is 6.57. The Bertz CT molecular complexity index is 1020. The molecule has 0 atom stereocenters. The van der Waals surface area contributed by atoms with Crippen molar-refractivity contribution < 1.29 is 9.59 Å². The number of amides is 2. The van der Waals surface area contributed by atoms with E-state index in [4.69, 9.17) is 11.6 Å². The molecule has 3 rings (SSSR count). The van der Waals surface area contributed by atoms with Crippen LogP contribution in [0.3, 0.4) is 0 Å². The van der Waals surface area contributed by atoms with Crippen LogP contribution < -0.4 is 10.6 Å². The number of hydrogen-bond donors (Lipinski definition) is 2. The van der Waals surface area contributed by atoms with Gasteiger partial charge in [0.15, 0.2) is 5.13 Å². The maximum atomic E-state index is 12.2. The van der Waals surface area contributed by atoms with Crippen LogP contribution in [-0.4, -0.2) is 16.8 Å². The second-order valence-corrected chi connectivity index (χ2v) is 7.28. The third kappa shape index (κ3) is 5.52. The first kappa shape index (κ1) is 19.8. The molecule has 0 unspecified atom stereocenters. The van der Waals surface area contributed by atoms with Gasteiger partial charge < -0.3 is 5.32 Å². The van der Waals surface area contributed by atoms with Gasteiger partial charge in [-0.1, -0.05) is 48.0 Å². The second-order valence-electron chi connectivity index (χ2n) is 6.01. The number of benzene rings is 2. The summed E-state index contributed by atoms with van der Waals surface area (Å²) in [7, 11) is 0. The number of aromatic nitrogens is 1. The van der Waals surface area contributed by atoms with Crippen molar-refractivity contribution in [1.29, 1.82) is 0 Å². The molecule has 142 valence electrons. The molecule has 1 heterocycles. The highest BCUT2D eigenvalue weighted by atomic mass is 35.5. The van der Waals surface area contributed by atoms with Crippen LogP contribution in [0.2, 0.25) is 5.02 Å². The first-order valence-corrected chi connectivity index (χ1v) is 9.80. The molecular weight excluding hydrogens is 394 g/mol. The van der Waals surface area contributed by atoms with Crippen molar-refractivity contribution in [3.63, 3.8) is 0 Å². The van der Waals surface area contributed by atoms with E-state index in [9.17, 15) is 9.59 Å². The first-order chi connectivity index (χ1) is 13.5. The fourth-order valence-electron chi connectivity index (χ4n) is 2.43. The smallest absolute Gasteiger partial charge is 0.250 e. The molecule has 3 aromatic rings. The van der Waals surface area contributed by atoms with Gasteiger partial charge in [0, 0.05) is 22.2 Å². The highest BCUT2D eigenvalue weighted by Gasteiger charge is 2.11. The molecule has 0 saturated heterocycles. The maximum Gasteiger partial charge on any atom is 0.250 e. The number of anilines is 2. The molecule has 0 aliphatic heterocycles. The highest BCUT2D eigenvalue weighted by molar-refractivity contribution is 7.14. The fourth-order valence-corrected chi connectivity index (χ4v) is 3.32. The van der Waals surface area contributed by atoms with Gasteiger partial charge in [-0.3, -0.25) is 14.9 Å². The van der Waals surface area contributed by atoms with Gasteiger partial charge in [-0.25, -0.2) is 4.98 Å². The van der Waals surface area contributed by atoms with Gasteiger partial charge in [0.1, 0.15) is 0 Å². The van der Waals surface area contributed by atoms with E-state index in [0.717, 1.165) is 11.1 Å². The fraction of sp³-hybridized carbons (Fsp3) is 0.0952. The van der Waals surface area contributed by atoms with Crippen LogP contribution in [0, 0.1) is 6.92 Å². The van der Waals surface area contributed by atoms with E-state index >= 15 is 0 Å². The average molecular weight is 412 g/mol. The number of hydrogen-bond acceptors (Lipinski definition) is 4. The Balaban J connectivity index is 1.55. The molecule has 28 heavy (non-hydrogen) atoms. The summed E-state index contributed by atoms with van der Waals surface area (Å²) in [4.78, 5) is 28.5. The molecule has 0 saturated carbocycles. The third-order valence-electron chi connectivity index (χ3n) is 3.89. The van der Waals surface area contributed by atoms with E-state index in [1.807, 2.05) is 37.3 Å². The van der Waals surface area contributed by atoms with Crippen LogP contribution >= 0.6 is 22.9 Å². The molecule has 1 aromatic heterocycles. The van der Waals surface area contributed by atoms with E-state index in [2.05, 4.69) is 15.6 Å². The van der Waals surface area contributed by atoms with E-state index in [-0.39, 0.29) is 18.2 Å². The molecule has 2 N–H and O–H groups in total. The van der Waals surface area contributed by atoms with Crippen molar-refractivity contribution in [2.75, 3.05) is 10.6 Å². The van der Waals surface area contributed by atoms with Crippen molar-refractivity contribution in [2.45, 2.75) is 13.3 Å². The zero-order valence-corrected chi connectivity index (χ0v) is 16.7. The van der Waals surface area contributed by atoms with Crippen molar-refractivity contribution in [3.8, 4) is 0 Å². The van der Waals surface area contributed by atoms with E-state index in [0.29, 0.717) is 21.5 Å². The quantitative estimate of drug-likeness (QED) is 0.564. The van der Waals surface area contributed by atoms with Gasteiger partial charge in [0.25, 0.3) is 0 Å². The molecule has 0 fully saturated rings. The van der Waals surface area contributed by atoms with Crippen molar-refractivity contribution >= 4 is 51.6 Å². The standard InChI is InChI=1S/C21H18ClN3O2S/c1-14-17(22)8-5-9-18(14)24-20(27)12-16-13-28-21(23-16)25-19(26)11-10-15-6-3-2-4-7-15/h2-11,13H,12H2,1H3,(H,24,27)(H,23,25,26)/b11-10+. The molecule has 7 heteroatoms. The van der Waals surface area contributed by atoms with Crippen molar-refractivity contribution in [3.05, 3.63) is 81.8 Å². The van der Waals surface area contributed by atoms with Crippen molar-refractivity contribution in [1.82, 2.24) is 4.98 Å². The number of carbonyl (C=O) groups is 2. The Morgan fingerprint density at radius 3 is 2.68 bits per heavy atom. The van der Waals surface area contributed by atoms with Crippen LogP contribution in [0.5, 0.6) is 0 Å². The zero-order valence-electron chi connectivity index (χ0n) is 15.1. The summed E-state index contributed by atoms with van der Waals surface area (Å²) >= 11 is 7.34. The lowest BCUT2D eigenvalue weighted by molar-refractivity contribution is -0.115. The SMILES string of the molecule is Cc1c(Cl)cccc1NC(=O)Cc1csc(NC(=O)/C=C/c2ccccc2)n1. The Hall–Kier alpha value is -2.96. The lowest BCUT2D eigenvalue weighted by Gasteiger charge is -2.08. The van der Waals surface area contributed by atoms with Gasteiger partial charge in [0.2, 0.25) is 11.8 Å². The summed E-state index contributed by atoms with van der Waals surface area (Å²) in [6.07, 6.45) is 3.29. The molecule has 0 spiro atoms. The summed E-state index contributed by atoms with van der Waals surface area (Å²) in [5, 5.41) is 8.33. The topological polar surface area (TPSA) is 71.1 Å². The minimum atomic E-state index is -0.274. The summed E-state index contributed by atoms with van der Waals surface area (Å²) < 4.78 is 0. The molecule has 0 bridgehead atoms. The molecular formula is C21H18ClN3O2S. The lowest BCUT2D eigenvalue weighted by Crippen LogP contribution is -2.15. The number of rotatable bonds is 6. The van der Waals surface area contributed by atoms with E-state index in [1.54, 1.807) is 29.7 Å². The minimum absolute atomic E-state index is 0.109. The second kappa shape index (κ2) is 9.30.